The van der Waals surface area contributed by atoms with Gasteiger partial charge in [-0.15, -0.1) is 0 Å². The van der Waals surface area contributed by atoms with Crippen molar-refractivity contribution in [2.75, 3.05) is 25.0 Å². The van der Waals surface area contributed by atoms with Gasteiger partial charge in [0, 0.05) is 34.8 Å². The van der Waals surface area contributed by atoms with Crippen LogP contribution in [0.25, 0.3) is 11.6 Å². The molecule has 2 heterocycles. The first kappa shape index (κ1) is 21.9. The Morgan fingerprint density at radius 2 is 1.79 bits per heavy atom. The molecular formula is C28H26ClFN2O. The molecule has 1 amide bonds. The zero-order chi connectivity index (χ0) is 23.1. The monoisotopic (exact) mass is 460 g/mol. The minimum atomic E-state index is -0.325. The molecule has 3 aromatic carbocycles. The van der Waals surface area contributed by atoms with Crippen LogP contribution in [0, 0.1) is 12.7 Å². The van der Waals surface area contributed by atoms with Crippen LogP contribution in [-0.4, -0.2) is 37.0 Å². The maximum absolute atomic E-state index is 14.2. The summed E-state index contributed by atoms with van der Waals surface area (Å²) in [5.41, 5.74) is 5.54. The predicted octanol–water partition coefficient (Wildman–Crippen LogP) is 6.16. The predicted molar refractivity (Wildman–Crippen MR) is 133 cm³/mol. The molecule has 3 aromatic rings. The van der Waals surface area contributed by atoms with Gasteiger partial charge in [0.1, 0.15) is 5.82 Å². The van der Waals surface area contributed by atoms with Crippen LogP contribution in [0.5, 0.6) is 0 Å². The summed E-state index contributed by atoms with van der Waals surface area (Å²) >= 11 is 6.06. The lowest BCUT2D eigenvalue weighted by Gasteiger charge is -2.36. The van der Waals surface area contributed by atoms with E-state index in [1.165, 1.54) is 23.3 Å². The molecule has 0 saturated carbocycles. The number of piperidine rings is 1. The molecule has 1 saturated heterocycles. The molecule has 5 rings (SSSR count). The van der Waals surface area contributed by atoms with E-state index in [0.717, 1.165) is 30.8 Å². The Morgan fingerprint density at radius 3 is 2.52 bits per heavy atom. The second kappa shape index (κ2) is 8.77. The van der Waals surface area contributed by atoms with Crippen LogP contribution >= 0.6 is 11.6 Å². The quantitative estimate of drug-likeness (QED) is 0.345. The molecule has 3 nitrogen and oxygen atoms in total. The lowest BCUT2D eigenvalue weighted by Crippen LogP contribution is -2.47. The Bertz CT molecular complexity index is 1220. The van der Waals surface area contributed by atoms with Crippen LogP contribution in [0.15, 0.2) is 66.7 Å². The number of halogens is 2. The third kappa shape index (κ3) is 4.21. The van der Waals surface area contributed by atoms with Gasteiger partial charge in [-0.3, -0.25) is 4.79 Å². The first-order chi connectivity index (χ1) is 15.9. The molecule has 0 spiro atoms. The highest BCUT2D eigenvalue weighted by Gasteiger charge is 2.44. The van der Waals surface area contributed by atoms with Gasteiger partial charge in [-0.2, -0.15) is 0 Å². The standard InChI is InChI=1S/C28H26ClFN2O/c1-18-3-12-26-24(15-18)25-17-31(2)14-13-27(25)32(26)28(33)23(20-6-10-22(30)11-7-20)16-19-4-8-21(29)9-5-19/h3-12,15-16,25,27H,13-14,17H2,1-2H3/b23-16-. The van der Waals surface area contributed by atoms with Crippen LogP contribution in [-0.2, 0) is 4.79 Å². The van der Waals surface area contributed by atoms with E-state index in [1.54, 1.807) is 24.3 Å². The molecule has 0 aliphatic carbocycles. The summed E-state index contributed by atoms with van der Waals surface area (Å²) in [5, 5.41) is 0.639. The van der Waals surface area contributed by atoms with Crippen molar-refractivity contribution < 1.29 is 9.18 Å². The van der Waals surface area contributed by atoms with Crippen molar-refractivity contribution in [3.05, 3.63) is 99.8 Å². The molecule has 2 unspecified atom stereocenters. The maximum atomic E-state index is 14.2. The smallest absolute Gasteiger partial charge is 0.259 e. The van der Waals surface area contributed by atoms with Crippen LogP contribution in [0.4, 0.5) is 10.1 Å². The van der Waals surface area contributed by atoms with Gasteiger partial charge in [0.25, 0.3) is 5.91 Å². The van der Waals surface area contributed by atoms with E-state index < -0.39 is 0 Å². The second-order valence-electron chi connectivity index (χ2n) is 9.08. The van der Waals surface area contributed by atoms with E-state index in [9.17, 15) is 9.18 Å². The number of carbonyl (C=O) groups excluding carboxylic acids is 1. The number of rotatable bonds is 3. The number of carbonyl (C=O) groups is 1. The van der Waals surface area contributed by atoms with E-state index in [0.29, 0.717) is 16.2 Å². The van der Waals surface area contributed by atoms with E-state index in [4.69, 9.17) is 11.6 Å². The third-order valence-corrected chi connectivity index (χ3v) is 6.99. The lowest BCUT2D eigenvalue weighted by molar-refractivity contribution is -0.113. The molecule has 0 aromatic heterocycles. The normalized spacial score (nSPS) is 20.5. The molecule has 0 radical (unpaired) electrons. The number of likely N-dealkylation sites (tertiary alicyclic amines) is 1. The molecule has 5 heteroatoms. The number of fused-ring (bicyclic) bond motifs is 3. The number of hydrogen-bond acceptors (Lipinski definition) is 2. The second-order valence-corrected chi connectivity index (χ2v) is 9.52. The largest absolute Gasteiger partial charge is 0.306 e. The van der Waals surface area contributed by atoms with Crippen molar-refractivity contribution in [1.29, 1.82) is 0 Å². The fraction of sp³-hybridized carbons (Fsp3) is 0.250. The van der Waals surface area contributed by atoms with Crippen LogP contribution < -0.4 is 4.90 Å². The number of hydrogen-bond donors (Lipinski definition) is 0. The number of anilines is 1. The van der Waals surface area contributed by atoms with Crippen molar-refractivity contribution in [2.45, 2.75) is 25.3 Å². The topological polar surface area (TPSA) is 23.6 Å². The van der Waals surface area contributed by atoms with Gasteiger partial charge >= 0.3 is 0 Å². The van der Waals surface area contributed by atoms with Gasteiger partial charge in [-0.1, -0.05) is 53.6 Å². The van der Waals surface area contributed by atoms with Crippen molar-refractivity contribution in [3.63, 3.8) is 0 Å². The van der Waals surface area contributed by atoms with Crippen LogP contribution in [0.2, 0.25) is 5.02 Å². The molecule has 33 heavy (non-hydrogen) atoms. The Kier molecular flexibility index (Phi) is 5.81. The fourth-order valence-electron chi connectivity index (χ4n) is 5.10. The molecule has 2 aliphatic heterocycles. The third-order valence-electron chi connectivity index (χ3n) is 6.74. The van der Waals surface area contributed by atoms with E-state index in [1.807, 2.05) is 23.1 Å². The van der Waals surface area contributed by atoms with E-state index in [-0.39, 0.29) is 23.7 Å². The summed E-state index contributed by atoms with van der Waals surface area (Å²) in [7, 11) is 2.14. The number of nitrogens with zero attached hydrogens (tertiary/aromatic N) is 2. The van der Waals surface area contributed by atoms with Gasteiger partial charge in [-0.25, -0.2) is 4.39 Å². The number of amides is 1. The highest BCUT2D eigenvalue weighted by atomic mass is 35.5. The summed E-state index contributed by atoms with van der Waals surface area (Å²) in [5.74, 6) is -0.0965. The van der Waals surface area contributed by atoms with Gasteiger partial charge in [0.15, 0.2) is 0 Å². The van der Waals surface area contributed by atoms with Gasteiger partial charge in [-0.05, 0) is 80.0 Å². The molecule has 1 fully saturated rings. The van der Waals surface area contributed by atoms with Crippen LogP contribution in [0.1, 0.15) is 34.6 Å². The van der Waals surface area contributed by atoms with Gasteiger partial charge in [0.2, 0.25) is 0 Å². The maximum Gasteiger partial charge on any atom is 0.259 e. The SMILES string of the molecule is Cc1ccc2c(c1)C1CN(C)CCC1N2C(=O)/C(=C\c1ccc(Cl)cc1)c1ccc(F)cc1. The Hall–Kier alpha value is -2.95. The molecule has 0 bridgehead atoms. The zero-order valence-corrected chi connectivity index (χ0v) is 19.5. The van der Waals surface area contributed by atoms with Gasteiger partial charge < -0.3 is 9.80 Å². The van der Waals surface area contributed by atoms with Crippen molar-refractivity contribution in [3.8, 4) is 0 Å². The summed E-state index contributed by atoms with van der Waals surface area (Å²) in [6.07, 6.45) is 2.79. The van der Waals surface area contributed by atoms with E-state index >= 15 is 0 Å². The average Bonchev–Trinajstić information content (AvgIpc) is 3.12. The lowest BCUT2D eigenvalue weighted by atomic mass is 9.88. The average molecular weight is 461 g/mol. The Morgan fingerprint density at radius 1 is 1.06 bits per heavy atom. The van der Waals surface area contributed by atoms with Crippen molar-refractivity contribution in [1.82, 2.24) is 4.90 Å². The zero-order valence-electron chi connectivity index (χ0n) is 18.8. The highest BCUT2D eigenvalue weighted by molar-refractivity contribution is 6.31. The summed E-state index contributed by atoms with van der Waals surface area (Å²) in [4.78, 5) is 18.5. The molecule has 2 aliphatic rings. The first-order valence-corrected chi connectivity index (χ1v) is 11.6. The molecule has 0 N–H and O–H groups in total. The Labute approximate surface area is 199 Å². The summed E-state index contributed by atoms with van der Waals surface area (Å²) in [6, 6.07) is 20.0. The number of benzene rings is 3. The molecule has 2 atom stereocenters. The molecular weight excluding hydrogens is 435 g/mol. The van der Waals surface area contributed by atoms with Crippen LogP contribution in [0.3, 0.4) is 0 Å². The van der Waals surface area contributed by atoms with Crippen molar-refractivity contribution in [2.24, 2.45) is 0 Å². The van der Waals surface area contributed by atoms with E-state index in [2.05, 4.69) is 37.1 Å². The van der Waals surface area contributed by atoms with Gasteiger partial charge in [0.05, 0.1) is 0 Å². The number of aryl methyl sites for hydroxylation is 1. The minimum Gasteiger partial charge on any atom is -0.306 e. The summed E-state index contributed by atoms with van der Waals surface area (Å²) in [6.45, 7) is 3.97. The fourth-order valence-corrected chi connectivity index (χ4v) is 5.23. The number of likely N-dealkylation sites (N-methyl/N-ethyl adjacent to an activating group) is 1. The summed E-state index contributed by atoms with van der Waals surface area (Å²) < 4.78 is 13.7. The highest BCUT2D eigenvalue weighted by Crippen LogP contribution is 2.46. The minimum absolute atomic E-state index is 0.0567. The van der Waals surface area contributed by atoms with Crippen molar-refractivity contribution >= 4 is 34.8 Å². The first-order valence-electron chi connectivity index (χ1n) is 11.3. The molecule has 168 valence electrons. The Balaban J connectivity index is 1.62.